The van der Waals surface area contributed by atoms with Crippen molar-refractivity contribution in [3.8, 4) is 0 Å². The molecule has 0 amide bonds. The van der Waals surface area contributed by atoms with Crippen molar-refractivity contribution < 1.29 is 13.2 Å². The third-order valence-corrected chi connectivity index (χ3v) is 7.63. The fraction of sp³-hybridized carbons (Fsp3) is 0.429. The molecule has 0 saturated carbocycles. The maximum atomic E-state index is 13.7. The average molecular weight is 387 g/mol. The highest BCUT2D eigenvalue weighted by atomic mass is 32.2. The van der Waals surface area contributed by atoms with Gasteiger partial charge in [-0.2, -0.15) is 4.31 Å². The average Bonchev–Trinajstić information content (AvgIpc) is 3.16. The second-order valence-electron chi connectivity index (χ2n) is 7.56. The van der Waals surface area contributed by atoms with E-state index in [-0.39, 0.29) is 6.04 Å². The monoisotopic (exact) mass is 386 g/mol. The van der Waals surface area contributed by atoms with Crippen molar-refractivity contribution in [1.82, 2.24) is 9.62 Å². The largest absolute Gasteiger partial charge is 0.377 e. The highest BCUT2D eigenvalue weighted by Gasteiger charge is 2.55. The smallest absolute Gasteiger partial charge is 0.244 e. The van der Waals surface area contributed by atoms with Crippen molar-refractivity contribution in [2.24, 2.45) is 0 Å². The summed E-state index contributed by atoms with van der Waals surface area (Å²) in [7, 11) is -3.66. The predicted octanol–water partition coefficient (Wildman–Crippen LogP) is 2.71. The summed E-state index contributed by atoms with van der Waals surface area (Å²) in [5.41, 5.74) is 1.50. The topological polar surface area (TPSA) is 58.6 Å². The highest BCUT2D eigenvalue weighted by Crippen LogP contribution is 2.38. The molecule has 2 saturated heterocycles. The lowest BCUT2D eigenvalue weighted by Crippen LogP contribution is -2.71. The van der Waals surface area contributed by atoms with Gasteiger partial charge in [-0.15, -0.1) is 0 Å². The molecule has 0 aromatic heterocycles. The quantitative estimate of drug-likeness (QED) is 0.829. The van der Waals surface area contributed by atoms with Gasteiger partial charge in [0.1, 0.15) is 0 Å². The predicted molar refractivity (Wildman–Crippen MR) is 105 cm³/mol. The summed E-state index contributed by atoms with van der Waals surface area (Å²) in [5, 5.41) is 3.51. The molecular formula is C21H26N2O3S. The molecular weight excluding hydrogens is 360 g/mol. The third-order valence-electron chi connectivity index (χ3n) is 5.69. The number of hydrogen-bond donors (Lipinski definition) is 1. The first-order valence-corrected chi connectivity index (χ1v) is 10.9. The maximum Gasteiger partial charge on any atom is 0.244 e. The molecule has 5 nitrogen and oxygen atoms in total. The van der Waals surface area contributed by atoms with E-state index >= 15 is 0 Å². The van der Waals surface area contributed by atoms with Crippen LogP contribution in [0.2, 0.25) is 0 Å². The van der Waals surface area contributed by atoms with E-state index in [0.29, 0.717) is 24.7 Å². The van der Waals surface area contributed by atoms with Gasteiger partial charge in [0.25, 0.3) is 0 Å². The van der Waals surface area contributed by atoms with Crippen LogP contribution in [0, 0.1) is 6.92 Å². The van der Waals surface area contributed by atoms with Crippen molar-refractivity contribution >= 4 is 10.0 Å². The Morgan fingerprint density at radius 1 is 1.11 bits per heavy atom. The van der Waals surface area contributed by atoms with Crippen LogP contribution >= 0.6 is 0 Å². The van der Waals surface area contributed by atoms with Crippen molar-refractivity contribution in [2.45, 2.75) is 42.8 Å². The molecule has 0 unspecified atom stereocenters. The first kappa shape index (κ1) is 18.6. The van der Waals surface area contributed by atoms with E-state index in [1.54, 1.807) is 16.4 Å². The Morgan fingerprint density at radius 3 is 2.37 bits per heavy atom. The summed E-state index contributed by atoms with van der Waals surface area (Å²) in [6, 6.07) is 17.0. The molecule has 1 atom stereocenters. The van der Waals surface area contributed by atoms with Gasteiger partial charge in [0.2, 0.25) is 10.0 Å². The lowest BCUT2D eigenvalue weighted by atomic mass is 9.86. The Labute approximate surface area is 161 Å². The lowest BCUT2D eigenvalue weighted by molar-refractivity contribution is -0.129. The minimum atomic E-state index is -3.66. The molecule has 0 radical (unpaired) electrons. The van der Waals surface area contributed by atoms with Crippen molar-refractivity contribution in [2.75, 3.05) is 19.8 Å². The normalized spacial score (nSPS) is 21.9. The number of nitrogens with zero attached hydrogens (tertiary/aromatic N) is 1. The Bertz CT molecular complexity index is 871. The van der Waals surface area contributed by atoms with Crippen LogP contribution in [-0.2, 0) is 21.3 Å². The highest BCUT2D eigenvalue weighted by molar-refractivity contribution is 7.89. The molecule has 27 heavy (non-hydrogen) atoms. The standard InChI is InChI=1S/C21H26N2O3S/c1-17-9-11-19(12-10-17)27(24,25)23(14-18-6-3-2-4-7-18)21(15-26-16-21)20-8-5-13-22-20/h2-4,6-7,9-12,20,22H,5,8,13-16H2,1H3/t20-/m1/s1. The van der Waals surface area contributed by atoms with Crippen LogP contribution < -0.4 is 5.32 Å². The molecule has 4 rings (SSSR count). The fourth-order valence-electron chi connectivity index (χ4n) is 4.04. The summed E-state index contributed by atoms with van der Waals surface area (Å²) in [6.45, 7) is 4.10. The molecule has 2 heterocycles. The summed E-state index contributed by atoms with van der Waals surface area (Å²) >= 11 is 0. The van der Waals surface area contributed by atoms with Gasteiger partial charge in [-0.1, -0.05) is 48.0 Å². The van der Waals surface area contributed by atoms with Crippen LogP contribution in [-0.4, -0.2) is 44.1 Å². The fourth-order valence-corrected chi connectivity index (χ4v) is 5.81. The number of rotatable bonds is 6. The summed E-state index contributed by atoms with van der Waals surface area (Å²) < 4.78 is 34.6. The lowest BCUT2D eigenvalue weighted by Gasteiger charge is -2.52. The van der Waals surface area contributed by atoms with Crippen LogP contribution in [0.25, 0.3) is 0 Å². The number of nitrogens with one attached hydrogen (secondary N) is 1. The number of aryl methyl sites for hydroxylation is 1. The first-order valence-electron chi connectivity index (χ1n) is 9.47. The Balaban J connectivity index is 1.76. The molecule has 0 bridgehead atoms. The molecule has 2 aromatic rings. The van der Waals surface area contributed by atoms with Crippen molar-refractivity contribution in [3.05, 3.63) is 65.7 Å². The van der Waals surface area contributed by atoms with Gasteiger partial charge < -0.3 is 10.1 Å². The van der Waals surface area contributed by atoms with E-state index in [9.17, 15) is 8.42 Å². The second kappa shape index (κ2) is 7.36. The van der Waals surface area contributed by atoms with Crippen molar-refractivity contribution in [3.63, 3.8) is 0 Å². The minimum absolute atomic E-state index is 0.121. The van der Waals surface area contributed by atoms with E-state index in [2.05, 4.69) is 5.32 Å². The SMILES string of the molecule is Cc1ccc(S(=O)(=O)N(Cc2ccccc2)C2([C@H]3CCCN3)COC2)cc1. The molecule has 2 aromatic carbocycles. The van der Waals surface area contributed by atoms with Gasteiger partial charge in [-0.25, -0.2) is 8.42 Å². The number of sulfonamides is 1. The van der Waals surface area contributed by atoms with Gasteiger partial charge in [-0.3, -0.25) is 0 Å². The van der Waals surface area contributed by atoms with Crippen LogP contribution in [0.4, 0.5) is 0 Å². The zero-order valence-electron chi connectivity index (χ0n) is 15.6. The van der Waals surface area contributed by atoms with Gasteiger partial charge in [-0.05, 0) is 44.0 Å². The van der Waals surface area contributed by atoms with E-state index in [1.165, 1.54) is 0 Å². The molecule has 0 aliphatic carbocycles. The number of benzene rings is 2. The molecule has 2 aliphatic heterocycles. The molecule has 6 heteroatoms. The zero-order chi connectivity index (χ0) is 18.9. The van der Waals surface area contributed by atoms with Crippen LogP contribution in [0.3, 0.4) is 0 Å². The Kier molecular flexibility index (Phi) is 5.07. The van der Waals surface area contributed by atoms with E-state index in [0.717, 1.165) is 30.5 Å². The van der Waals surface area contributed by atoms with Gasteiger partial charge in [0.15, 0.2) is 0 Å². The molecule has 2 aliphatic rings. The number of ether oxygens (including phenoxy) is 1. The van der Waals surface area contributed by atoms with Gasteiger partial charge in [0, 0.05) is 12.6 Å². The Morgan fingerprint density at radius 2 is 1.81 bits per heavy atom. The zero-order valence-corrected chi connectivity index (χ0v) is 16.4. The number of hydrogen-bond acceptors (Lipinski definition) is 4. The minimum Gasteiger partial charge on any atom is -0.377 e. The molecule has 1 N–H and O–H groups in total. The summed E-state index contributed by atoms with van der Waals surface area (Å²) in [6.07, 6.45) is 2.04. The summed E-state index contributed by atoms with van der Waals surface area (Å²) in [5.74, 6) is 0. The van der Waals surface area contributed by atoms with Crippen LogP contribution in [0.15, 0.2) is 59.5 Å². The maximum absolute atomic E-state index is 13.7. The van der Waals surface area contributed by atoms with Crippen LogP contribution in [0.1, 0.15) is 24.0 Å². The second-order valence-corrected chi connectivity index (χ2v) is 9.42. The van der Waals surface area contributed by atoms with E-state index in [4.69, 9.17) is 4.74 Å². The first-order chi connectivity index (χ1) is 13.0. The third kappa shape index (κ3) is 3.43. The van der Waals surface area contributed by atoms with E-state index < -0.39 is 15.6 Å². The molecule has 0 spiro atoms. The molecule has 2 fully saturated rings. The van der Waals surface area contributed by atoms with Gasteiger partial charge in [0.05, 0.1) is 23.6 Å². The summed E-state index contributed by atoms with van der Waals surface area (Å²) in [4.78, 5) is 0.341. The molecule has 144 valence electrons. The van der Waals surface area contributed by atoms with Crippen molar-refractivity contribution in [1.29, 1.82) is 0 Å². The van der Waals surface area contributed by atoms with E-state index in [1.807, 2.05) is 49.4 Å². The Hall–Kier alpha value is -1.73. The van der Waals surface area contributed by atoms with Crippen LogP contribution in [0.5, 0.6) is 0 Å². The van der Waals surface area contributed by atoms with Gasteiger partial charge >= 0.3 is 0 Å².